The Labute approximate surface area is 139 Å². The third kappa shape index (κ3) is 4.07. The number of hydrogen-bond acceptors (Lipinski definition) is 7. The lowest BCUT2D eigenvalue weighted by Gasteiger charge is -2.16. The molecule has 0 radical (unpaired) electrons. The van der Waals surface area contributed by atoms with Gasteiger partial charge >= 0.3 is 5.97 Å². The van der Waals surface area contributed by atoms with Gasteiger partial charge in [-0.25, -0.2) is 9.78 Å². The van der Waals surface area contributed by atoms with E-state index in [1.54, 1.807) is 0 Å². The van der Waals surface area contributed by atoms with Gasteiger partial charge in [0.25, 0.3) is 5.91 Å². The van der Waals surface area contributed by atoms with Crippen LogP contribution in [0.1, 0.15) is 49.0 Å². The average molecular weight is 341 g/mol. The molecule has 1 aliphatic rings. The Kier molecular flexibility index (Phi) is 5.38. The second kappa shape index (κ2) is 6.94. The maximum absolute atomic E-state index is 12.3. The molecule has 1 aromatic rings. The highest BCUT2D eigenvalue weighted by molar-refractivity contribution is 7.17. The van der Waals surface area contributed by atoms with Crippen LogP contribution in [0.2, 0.25) is 0 Å². The molecule has 1 aromatic heterocycles. The first-order chi connectivity index (χ1) is 10.8. The molecule has 0 aromatic carbocycles. The Morgan fingerprint density at radius 2 is 2.13 bits per heavy atom. The van der Waals surface area contributed by atoms with E-state index in [9.17, 15) is 9.59 Å². The van der Waals surface area contributed by atoms with Gasteiger partial charge in [0.05, 0.1) is 18.9 Å². The standard InChI is InChI=1S/C15H23N3O4S/c1-15(2,3)11-10(13(20)21-4)23-14(17-11)18-12(19)9-6-5-8(7-16)22-9/h8-9H,5-7,16H2,1-4H3,(H,17,18,19)/t8-,9+/m1/s1. The van der Waals surface area contributed by atoms with Gasteiger partial charge < -0.3 is 15.2 Å². The number of aromatic nitrogens is 1. The number of ether oxygens (including phenoxy) is 2. The molecule has 0 unspecified atom stereocenters. The number of esters is 1. The molecule has 2 heterocycles. The van der Waals surface area contributed by atoms with Gasteiger partial charge in [0.1, 0.15) is 11.0 Å². The molecule has 8 heteroatoms. The predicted molar refractivity (Wildman–Crippen MR) is 87.7 cm³/mol. The van der Waals surface area contributed by atoms with Crippen LogP contribution in [0.5, 0.6) is 0 Å². The quantitative estimate of drug-likeness (QED) is 0.808. The fourth-order valence-corrected chi connectivity index (χ4v) is 3.47. The lowest BCUT2D eigenvalue weighted by Crippen LogP contribution is -2.29. The van der Waals surface area contributed by atoms with Gasteiger partial charge in [-0.3, -0.25) is 10.1 Å². The second-order valence-corrected chi connectivity index (χ2v) is 7.49. The first-order valence-electron chi connectivity index (χ1n) is 7.52. The highest BCUT2D eigenvalue weighted by atomic mass is 32.1. The first-order valence-corrected chi connectivity index (χ1v) is 8.34. The molecule has 0 saturated carbocycles. The zero-order chi connectivity index (χ0) is 17.2. The summed E-state index contributed by atoms with van der Waals surface area (Å²) in [5.41, 5.74) is 5.82. The number of thiazole rings is 1. The van der Waals surface area contributed by atoms with Crippen LogP contribution in [0.15, 0.2) is 0 Å². The van der Waals surface area contributed by atoms with Crippen LogP contribution in [0.3, 0.4) is 0 Å². The molecule has 1 amide bonds. The lowest BCUT2D eigenvalue weighted by molar-refractivity contribution is -0.126. The van der Waals surface area contributed by atoms with Gasteiger partial charge in [0, 0.05) is 12.0 Å². The molecule has 0 bridgehead atoms. The average Bonchev–Trinajstić information content (AvgIpc) is 3.12. The molecule has 0 aliphatic carbocycles. The number of amides is 1. The molecule has 0 spiro atoms. The number of hydrogen-bond donors (Lipinski definition) is 2. The number of methoxy groups -OCH3 is 1. The maximum Gasteiger partial charge on any atom is 0.350 e. The van der Waals surface area contributed by atoms with E-state index in [1.807, 2.05) is 20.8 Å². The molecule has 7 nitrogen and oxygen atoms in total. The minimum atomic E-state index is -0.521. The number of carbonyl (C=O) groups is 2. The van der Waals surface area contributed by atoms with Crippen molar-refractivity contribution in [1.29, 1.82) is 0 Å². The number of nitrogens with zero attached hydrogens (tertiary/aromatic N) is 1. The molecule has 1 fully saturated rings. The monoisotopic (exact) mass is 341 g/mol. The maximum atomic E-state index is 12.3. The summed E-state index contributed by atoms with van der Waals surface area (Å²) in [5.74, 6) is -0.709. The van der Waals surface area contributed by atoms with Crippen molar-refractivity contribution >= 4 is 28.3 Å². The van der Waals surface area contributed by atoms with Crippen LogP contribution in [0.4, 0.5) is 5.13 Å². The first kappa shape index (κ1) is 17.8. The topological polar surface area (TPSA) is 104 Å². The van der Waals surface area contributed by atoms with Crippen LogP contribution in [0, 0.1) is 0 Å². The van der Waals surface area contributed by atoms with E-state index in [0.717, 1.165) is 17.8 Å². The van der Waals surface area contributed by atoms with Crippen molar-refractivity contribution in [3.63, 3.8) is 0 Å². The molecule has 2 rings (SSSR count). The summed E-state index contributed by atoms with van der Waals surface area (Å²) in [6.45, 7) is 6.26. The normalized spacial score (nSPS) is 21.3. The van der Waals surface area contributed by atoms with Crippen molar-refractivity contribution in [2.24, 2.45) is 5.73 Å². The zero-order valence-electron chi connectivity index (χ0n) is 13.8. The van der Waals surface area contributed by atoms with E-state index in [-0.39, 0.29) is 17.4 Å². The molecule has 23 heavy (non-hydrogen) atoms. The van der Waals surface area contributed by atoms with E-state index >= 15 is 0 Å². The fraction of sp³-hybridized carbons (Fsp3) is 0.667. The highest BCUT2D eigenvalue weighted by Crippen LogP contribution is 2.33. The molecule has 128 valence electrons. The van der Waals surface area contributed by atoms with Crippen molar-refractivity contribution in [2.75, 3.05) is 19.0 Å². The van der Waals surface area contributed by atoms with Crippen LogP contribution < -0.4 is 11.1 Å². The van der Waals surface area contributed by atoms with Crippen molar-refractivity contribution in [3.8, 4) is 0 Å². The van der Waals surface area contributed by atoms with E-state index in [2.05, 4.69) is 10.3 Å². The molecular formula is C15H23N3O4S. The third-order valence-corrected chi connectivity index (χ3v) is 4.55. The van der Waals surface area contributed by atoms with Gasteiger partial charge in [-0.2, -0.15) is 0 Å². The molecule has 3 N–H and O–H groups in total. The van der Waals surface area contributed by atoms with Gasteiger partial charge in [-0.05, 0) is 12.8 Å². The Morgan fingerprint density at radius 3 is 2.65 bits per heavy atom. The zero-order valence-corrected chi connectivity index (χ0v) is 14.7. The van der Waals surface area contributed by atoms with E-state index in [0.29, 0.717) is 28.7 Å². The van der Waals surface area contributed by atoms with Gasteiger partial charge in [-0.1, -0.05) is 32.1 Å². The highest BCUT2D eigenvalue weighted by Gasteiger charge is 2.32. The van der Waals surface area contributed by atoms with Crippen molar-refractivity contribution in [1.82, 2.24) is 4.98 Å². The Balaban J connectivity index is 2.16. The number of nitrogens with one attached hydrogen (secondary N) is 1. The number of carbonyl (C=O) groups excluding carboxylic acids is 2. The van der Waals surface area contributed by atoms with E-state index in [1.165, 1.54) is 7.11 Å². The predicted octanol–water partition coefficient (Wildman–Crippen LogP) is 1.67. The third-order valence-electron chi connectivity index (χ3n) is 3.60. The Hall–Kier alpha value is -1.51. The van der Waals surface area contributed by atoms with Gasteiger partial charge in [-0.15, -0.1) is 0 Å². The largest absolute Gasteiger partial charge is 0.465 e. The van der Waals surface area contributed by atoms with Crippen molar-refractivity contribution < 1.29 is 19.1 Å². The molecule has 2 atom stereocenters. The summed E-state index contributed by atoms with van der Waals surface area (Å²) in [5, 5.41) is 3.11. The Bertz CT molecular complexity index is 594. The van der Waals surface area contributed by atoms with Crippen molar-refractivity contribution in [3.05, 3.63) is 10.6 Å². The number of anilines is 1. The van der Waals surface area contributed by atoms with Gasteiger partial charge in [0.2, 0.25) is 0 Å². The summed E-state index contributed by atoms with van der Waals surface area (Å²) in [6.07, 6.45) is 0.812. The minimum Gasteiger partial charge on any atom is -0.465 e. The van der Waals surface area contributed by atoms with Crippen LogP contribution in [-0.2, 0) is 19.7 Å². The Morgan fingerprint density at radius 1 is 1.43 bits per heavy atom. The van der Waals surface area contributed by atoms with Crippen LogP contribution >= 0.6 is 11.3 Å². The summed E-state index contributed by atoms with van der Waals surface area (Å²) < 4.78 is 10.4. The van der Waals surface area contributed by atoms with Crippen LogP contribution in [0.25, 0.3) is 0 Å². The van der Waals surface area contributed by atoms with E-state index < -0.39 is 12.1 Å². The van der Waals surface area contributed by atoms with Gasteiger partial charge in [0.15, 0.2) is 5.13 Å². The van der Waals surface area contributed by atoms with Crippen LogP contribution in [-0.4, -0.2) is 42.7 Å². The molecule has 1 saturated heterocycles. The second-order valence-electron chi connectivity index (χ2n) is 6.49. The fourth-order valence-electron chi connectivity index (χ4n) is 2.37. The molecule has 1 aliphatic heterocycles. The summed E-state index contributed by atoms with van der Waals surface area (Å²) >= 11 is 1.11. The number of rotatable bonds is 4. The summed E-state index contributed by atoms with van der Waals surface area (Å²) in [7, 11) is 1.33. The summed E-state index contributed by atoms with van der Waals surface area (Å²) in [6, 6.07) is 0. The summed E-state index contributed by atoms with van der Waals surface area (Å²) in [4.78, 5) is 29.0. The number of nitrogens with two attached hydrogens (primary N) is 1. The SMILES string of the molecule is COC(=O)c1sc(NC(=O)[C@@H]2CC[C@H](CN)O2)nc1C(C)(C)C. The lowest BCUT2D eigenvalue weighted by atomic mass is 9.91. The minimum absolute atomic E-state index is 0.0715. The molecular weight excluding hydrogens is 318 g/mol. The smallest absolute Gasteiger partial charge is 0.350 e. The van der Waals surface area contributed by atoms with E-state index in [4.69, 9.17) is 15.2 Å². The van der Waals surface area contributed by atoms with Crippen molar-refractivity contribution in [2.45, 2.75) is 51.2 Å².